The summed E-state index contributed by atoms with van der Waals surface area (Å²) in [6.45, 7) is 2.57. The van der Waals surface area contributed by atoms with Gasteiger partial charge in [-0.25, -0.2) is 4.39 Å². The van der Waals surface area contributed by atoms with Crippen molar-refractivity contribution in [3.63, 3.8) is 0 Å². The van der Waals surface area contributed by atoms with Crippen LogP contribution in [0.4, 0.5) is 9.18 Å². The van der Waals surface area contributed by atoms with Gasteiger partial charge >= 0.3 is 0 Å². The highest BCUT2D eigenvalue weighted by atomic mass is 127. The SMILES string of the molecule is CCOc1cc(/C=C2\SC(=O)NC2=O)cc(I)c1OCc1ccc(F)cc1. The highest BCUT2D eigenvalue weighted by Crippen LogP contribution is 2.36. The summed E-state index contributed by atoms with van der Waals surface area (Å²) in [5, 5.41) is 1.84. The molecule has 0 bridgehead atoms. The van der Waals surface area contributed by atoms with E-state index in [1.807, 2.05) is 13.0 Å². The van der Waals surface area contributed by atoms with Gasteiger partial charge in [0, 0.05) is 0 Å². The standard InChI is InChI=1S/C19H15FINO4S/c1-2-25-15-8-12(9-16-18(23)22-19(24)27-16)7-14(21)17(15)26-10-11-3-5-13(20)6-4-11/h3-9H,2,10H2,1H3,(H,22,23,24)/b16-9-. The van der Waals surface area contributed by atoms with E-state index in [0.717, 1.165) is 26.5 Å². The molecule has 1 aliphatic rings. The van der Waals surface area contributed by atoms with Crippen LogP contribution in [0, 0.1) is 9.39 Å². The fourth-order valence-electron chi connectivity index (χ4n) is 2.38. The van der Waals surface area contributed by atoms with Gasteiger partial charge in [0.25, 0.3) is 11.1 Å². The second-order valence-electron chi connectivity index (χ2n) is 5.53. The first-order valence-electron chi connectivity index (χ1n) is 8.04. The van der Waals surface area contributed by atoms with Gasteiger partial charge in [0.15, 0.2) is 11.5 Å². The molecule has 1 N–H and O–H groups in total. The van der Waals surface area contributed by atoms with Crippen LogP contribution in [0.1, 0.15) is 18.1 Å². The minimum Gasteiger partial charge on any atom is -0.490 e. The van der Waals surface area contributed by atoms with Crippen molar-refractivity contribution in [2.45, 2.75) is 13.5 Å². The molecule has 0 radical (unpaired) electrons. The maximum Gasteiger partial charge on any atom is 0.290 e. The van der Waals surface area contributed by atoms with Gasteiger partial charge in [-0.05, 0) is 82.7 Å². The van der Waals surface area contributed by atoms with Crippen molar-refractivity contribution in [1.29, 1.82) is 0 Å². The minimum absolute atomic E-state index is 0.267. The first kappa shape index (κ1) is 19.7. The van der Waals surface area contributed by atoms with Gasteiger partial charge in [-0.2, -0.15) is 0 Å². The number of benzene rings is 2. The molecule has 2 aromatic rings. The van der Waals surface area contributed by atoms with Crippen molar-refractivity contribution in [1.82, 2.24) is 5.32 Å². The van der Waals surface area contributed by atoms with Gasteiger partial charge in [0.2, 0.25) is 0 Å². The fraction of sp³-hybridized carbons (Fsp3) is 0.158. The van der Waals surface area contributed by atoms with Crippen LogP contribution in [0.25, 0.3) is 6.08 Å². The summed E-state index contributed by atoms with van der Waals surface area (Å²) in [6, 6.07) is 9.69. The summed E-state index contributed by atoms with van der Waals surface area (Å²) in [5.41, 5.74) is 1.56. The molecule has 1 saturated heterocycles. The van der Waals surface area contributed by atoms with E-state index in [9.17, 15) is 14.0 Å². The molecule has 1 heterocycles. The van der Waals surface area contributed by atoms with Crippen LogP contribution in [-0.4, -0.2) is 17.8 Å². The number of thioether (sulfide) groups is 1. The van der Waals surface area contributed by atoms with E-state index in [4.69, 9.17) is 9.47 Å². The van der Waals surface area contributed by atoms with Gasteiger partial charge in [0.1, 0.15) is 12.4 Å². The molecule has 1 aliphatic heterocycles. The molecule has 0 aliphatic carbocycles. The molecule has 3 rings (SSSR count). The first-order chi connectivity index (χ1) is 13.0. The predicted molar refractivity (Wildman–Crippen MR) is 110 cm³/mol. The minimum atomic E-state index is -0.408. The molecular formula is C19H15FINO4S. The molecule has 140 valence electrons. The Labute approximate surface area is 173 Å². The van der Waals surface area contributed by atoms with Crippen molar-refractivity contribution in [3.05, 3.63) is 61.8 Å². The summed E-state index contributed by atoms with van der Waals surface area (Å²) >= 11 is 2.99. The topological polar surface area (TPSA) is 64.6 Å². The maximum absolute atomic E-state index is 13.0. The van der Waals surface area contributed by atoms with Crippen molar-refractivity contribution >= 4 is 51.6 Å². The summed E-state index contributed by atoms with van der Waals surface area (Å²) in [7, 11) is 0. The summed E-state index contributed by atoms with van der Waals surface area (Å²) < 4.78 is 25.4. The number of carbonyl (C=O) groups is 2. The third-order valence-corrected chi connectivity index (χ3v) is 5.18. The number of halogens is 2. The lowest BCUT2D eigenvalue weighted by atomic mass is 10.1. The van der Waals surface area contributed by atoms with E-state index in [1.54, 1.807) is 24.3 Å². The van der Waals surface area contributed by atoms with Crippen LogP contribution in [0.2, 0.25) is 0 Å². The molecule has 1 fully saturated rings. The summed E-state index contributed by atoms with van der Waals surface area (Å²) in [4.78, 5) is 23.4. The highest BCUT2D eigenvalue weighted by molar-refractivity contribution is 14.1. The Morgan fingerprint density at radius 1 is 1.19 bits per heavy atom. The number of carbonyl (C=O) groups excluding carboxylic acids is 2. The molecule has 0 spiro atoms. The van der Waals surface area contributed by atoms with Crippen LogP contribution in [0.3, 0.4) is 0 Å². The van der Waals surface area contributed by atoms with Gasteiger partial charge in [-0.3, -0.25) is 14.9 Å². The Morgan fingerprint density at radius 3 is 2.56 bits per heavy atom. The van der Waals surface area contributed by atoms with Crippen LogP contribution in [0.15, 0.2) is 41.3 Å². The van der Waals surface area contributed by atoms with Crippen LogP contribution in [0.5, 0.6) is 11.5 Å². The predicted octanol–water partition coefficient (Wildman–Crippen LogP) is 4.73. The zero-order valence-electron chi connectivity index (χ0n) is 14.3. The third-order valence-electron chi connectivity index (χ3n) is 3.57. The molecule has 2 amide bonds. The molecule has 8 heteroatoms. The van der Waals surface area contributed by atoms with Gasteiger partial charge in [0.05, 0.1) is 15.1 Å². The van der Waals surface area contributed by atoms with Crippen LogP contribution in [-0.2, 0) is 11.4 Å². The van der Waals surface area contributed by atoms with Gasteiger partial charge < -0.3 is 9.47 Å². The lowest BCUT2D eigenvalue weighted by Crippen LogP contribution is -2.17. The normalized spacial score (nSPS) is 15.1. The Hall–Kier alpha value is -2.07. The third kappa shape index (κ3) is 5.01. The highest BCUT2D eigenvalue weighted by Gasteiger charge is 2.25. The van der Waals surface area contributed by atoms with Crippen molar-refractivity contribution < 1.29 is 23.5 Å². The Balaban J connectivity index is 1.85. The number of hydrogen-bond donors (Lipinski definition) is 1. The van der Waals surface area contributed by atoms with E-state index >= 15 is 0 Å². The molecule has 0 atom stereocenters. The maximum atomic E-state index is 13.0. The number of nitrogens with one attached hydrogen (secondary N) is 1. The Bertz CT molecular complexity index is 915. The van der Waals surface area contributed by atoms with E-state index in [-0.39, 0.29) is 17.7 Å². The number of rotatable bonds is 6. The number of amides is 2. The summed E-state index contributed by atoms with van der Waals surface area (Å²) in [6.07, 6.45) is 1.64. The quantitative estimate of drug-likeness (QED) is 0.460. The largest absolute Gasteiger partial charge is 0.490 e. The molecule has 0 saturated carbocycles. The fourth-order valence-corrected chi connectivity index (χ4v) is 3.85. The molecule has 0 aromatic heterocycles. The number of imide groups is 1. The molecular weight excluding hydrogens is 484 g/mol. The Kier molecular flexibility index (Phi) is 6.38. The van der Waals surface area contributed by atoms with Crippen molar-refractivity contribution in [2.24, 2.45) is 0 Å². The molecule has 5 nitrogen and oxygen atoms in total. The summed E-state index contributed by atoms with van der Waals surface area (Å²) in [5.74, 6) is 0.402. The smallest absolute Gasteiger partial charge is 0.290 e. The molecule has 0 unspecified atom stereocenters. The lowest BCUT2D eigenvalue weighted by Gasteiger charge is -2.15. The van der Waals surface area contributed by atoms with Gasteiger partial charge in [-0.15, -0.1) is 0 Å². The monoisotopic (exact) mass is 499 g/mol. The van der Waals surface area contributed by atoms with E-state index < -0.39 is 5.91 Å². The van der Waals surface area contributed by atoms with E-state index in [2.05, 4.69) is 27.9 Å². The van der Waals surface area contributed by atoms with E-state index in [1.165, 1.54) is 12.1 Å². The molecule has 2 aromatic carbocycles. The Morgan fingerprint density at radius 2 is 1.93 bits per heavy atom. The number of hydrogen-bond acceptors (Lipinski definition) is 5. The zero-order chi connectivity index (χ0) is 19.4. The lowest BCUT2D eigenvalue weighted by molar-refractivity contribution is -0.115. The second kappa shape index (κ2) is 8.75. The van der Waals surface area contributed by atoms with Crippen LogP contribution < -0.4 is 14.8 Å². The molecule has 27 heavy (non-hydrogen) atoms. The van der Waals surface area contributed by atoms with Crippen molar-refractivity contribution in [3.8, 4) is 11.5 Å². The van der Waals surface area contributed by atoms with Crippen molar-refractivity contribution in [2.75, 3.05) is 6.61 Å². The number of ether oxygens (including phenoxy) is 2. The zero-order valence-corrected chi connectivity index (χ0v) is 17.2. The second-order valence-corrected chi connectivity index (χ2v) is 7.71. The average molecular weight is 499 g/mol. The first-order valence-corrected chi connectivity index (χ1v) is 9.94. The average Bonchev–Trinajstić information content (AvgIpc) is 2.93. The van der Waals surface area contributed by atoms with Crippen LogP contribution >= 0.6 is 34.4 Å². The van der Waals surface area contributed by atoms with Gasteiger partial charge in [-0.1, -0.05) is 12.1 Å². The van der Waals surface area contributed by atoms with E-state index in [0.29, 0.717) is 23.0 Å².